The molecule has 30 heavy (non-hydrogen) atoms. The predicted octanol–water partition coefficient (Wildman–Crippen LogP) is 2.41. The molecule has 2 aliphatic heterocycles. The van der Waals surface area contributed by atoms with Crippen LogP contribution in [0, 0.1) is 17.8 Å². The largest absolute Gasteiger partial charge is 0.468 e. The molecule has 0 N–H and O–H groups in total. The fourth-order valence-corrected chi connectivity index (χ4v) is 4.68. The van der Waals surface area contributed by atoms with Crippen LogP contribution < -0.4 is 9.47 Å². The second kappa shape index (κ2) is 7.59. The van der Waals surface area contributed by atoms with Crippen LogP contribution in [0.3, 0.4) is 0 Å². The molecule has 8 nitrogen and oxygen atoms in total. The van der Waals surface area contributed by atoms with Crippen molar-refractivity contribution in [1.82, 2.24) is 0 Å². The molecule has 158 valence electrons. The number of fused-ring (bicyclic) bond motifs is 2. The fraction of sp³-hybridized carbons (Fsp3) is 0.455. The van der Waals surface area contributed by atoms with Crippen molar-refractivity contribution in [2.24, 2.45) is 22.7 Å². The van der Waals surface area contributed by atoms with E-state index in [4.69, 9.17) is 18.9 Å². The zero-order valence-corrected chi connectivity index (χ0v) is 17.3. The van der Waals surface area contributed by atoms with Crippen molar-refractivity contribution in [3.63, 3.8) is 0 Å². The van der Waals surface area contributed by atoms with E-state index < -0.39 is 29.7 Å². The Kier molecular flexibility index (Phi) is 5.09. The Morgan fingerprint density at radius 2 is 1.83 bits per heavy atom. The monoisotopic (exact) mass is 413 g/mol. The molecule has 1 fully saturated rings. The average Bonchev–Trinajstić information content (AvgIpc) is 3.19. The Balaban J connectivity index is 1.87. The van der Waals surface area contributed by atoms with Crippen LogP contribution in [0.25, 0.3) is 0 Å². The number of hydrogen-bond donors (Lipinski definition) is 0. The van der Waals surface area contributed by atoms with E-state index in [1.807, 2.05) is 6.92 Å². The normalized spacial score (nSPS) is 27.3. The summed E-state index contributed by atoms with van der Waals surface area (Å²) in [5.74, 6) is -2.84. The molecule has 0 saturated heterocycles. The second-order valence-electron chi connectivity index (χ2n) is 7.75. The number of ketones is 1. The highest BCUT2D eigenvalue weighted by Crippen LogP contribution is 2.47. The van der Waals surface area contributed by atoms with Crippen LogP contribution in [-0.4, -0.2) is 44.4 Å². The van der Waals surface area contributed by atoms with Crippen molar-refractivity contribution < 1.29 is 33.3 Å². The van der Waals surface area contributed by atoms with E-state index in [-0.39, 0.29) is 18.5 Å². The minimum absolute atomic E-state index is 0.110. The average molecular weight is 413 g/mol. The van der Waals surface area contributed by atoms with Gasteiger partial charge in [0.25, 0.3) is 0 Å². The summed E-state index contributed by atoms with van der Waals surface area (Å²) in [5.41, 5.74) is 2.17. The number of allylic oxidation sites excluding steroid dienone is 1. The lowest BCUT2D eigenvalue weighted by molar-refractivity contribution is -0.152. The van der Waals surface area contributed by atoms with Gasteiger partial charge in [0, 0.05) is 17.3 Å². The van der Waals surface area contributed by atoms with Crippen LogP contribution in [-0.2, 0) is 23.9 Å². The lowest BCUT2D eigenvalue weighted by Gasteiger charge is -2.39. The maximum absolute atomic E-state index is 13.5. The van der Waals surface area contributed by atoms with Crippen LogP contribution >= 0.6 is 0 Å². The van der Waals surface area contributed by atoms with Crippen molar-refractivity contribution >= 4 is 23.4 Å². The first-order valence-electron chi connectivity index (χ1n) is 9.75. The summed E-state index contributed by atoms with van der Waals surface area (Å²) in [4.78, 5) is 43.2. The molecule has 1 saturated carbocycles. The van der Waals surface area contributed by atoms with E-state index in [0.717, 1.165) is 0 Å². The van der Waals surface area contributed by atoms with Gasteiger partial charge in [-0.2, -0.15) is 0 Å². The SMILES string of the molecule is COC(=O)C1=C(C)N=C2C[C@@H](C)[C@@H](C(=O)OC)C(=O)C2[C@@H]1c1ccc2c(c1)OCO2. The Bertz CT molecular complexity index is 993. The number of carbonyl (C=O) groups excluding carboxylic acids is 3. The van der Waals surface area contributed by atoms with Gasteiger partial charge in [0.05, 0.1) is 25.7 Å². The summed E-state index contributed by atoms with van der Waals surface area (Å²) in [6.45, 7) is 3.68. The number of carbonyl (C=O) groups is 3. The molecular formula is C22H23NO7. The summed E-state index contributed by atoms with van der Waals surface area (Å²) in [5, 5.41) is 0. The molecule has 1 aromatic rings. The molecule has 0 aromatic heterocycles. The summed E-state index contributed by atoms with van der Waals surface area (Å²) >= 11 is 0. The number of esters is 2. The number of aliphatic imine (C=N–C) groups is 1. The standard InChI is InChI=1S/C22H23NO7/c1-10-7-13-19(20(24)16(10)21(25)27-3)18(17(11(2)23-13)22(26)28-4)12-5-6-14-15(8-12)30-9-29-14/h5-6,8,10,16,18-19H,7,9H2,1-4H3/t10-,16-,18-,19?/m1/s1. The summed E-state index contributed by atoms with van der Waals surface area (Å²) in [6.07, 6.45) is 0.461. The van der Waals surface area contributed by atoms with Crippen LogP contribution in [0.15, 0.2) is 34.5 Å². The van der Waals surface area contributed by atoms with Gasteiger partial charge in [0.1, 0.15) is 5.92 Å². The lowest BCUT2D eigenvalue weighted by atomic mass is 9.63. The van der Waals surface area contributed by atoms with Crippen molar-refractivity contribution in [3.05, 3.63) is 35.0 Å². The maximum atomic E-state index is 13.5. The Hall–Kier alpha value is -3.16. The summed E-state index contributed by atoms with van der Waals surface area (Å²) < 4.78 is 20.8. The molecule has 1 aromatic carbocycles. The highest BCUT2D eigenvalue weighted by Gasteiger charge is 2.51. The summed E-state index contributed by atoms with van der Waals surface area (Å²) in [6, 6.07) is 5.32. The van der Waals surface area contributed by atoms with Crippen LogP contribution in [0.4, 0.5) is 0 Å². The van der Waals surface area contributed by atoms with Gasteiger partial charge in [0.2, 0.25) is 6.79 Å². The quantitative estimate of drug-likeness (QED) is 0.554. The second-order valence-corrected chi connectivity index (χ2v) is 7.75. The van der Waals surface area contributed by atoms with E-state index in [0.29, 0.717) is 40.5 Å². The molecule has 3 aliphatic rings. The Morgan fingerprint density at radius 1 is 1.10 bits per heavy atom. The van der Waals surface area contributed by atoms with Crippen molar-refractivity contribution in [1.29, 1.82) is 0 Å². The first-order valence-corrected chi connectivity index (χ1v) is 9.75. The van der Waals surface area contributed by atoms with Gasteiger partial charge in [-0.1, -0.05) is 13.0 Å². The summed E-state index contributed by atoms with van der Waals surface area (Å²) in [7, 11) is 2.56. The van der Waals surface area contributed by atoms with E-state index in [9.17, 15) is 14.4 Å². The van der Waals surface area contributed by atoms with Gasteiger partial charge >= 0.3 is 11.9 Å². The first-order chi connectivity index (χ1) is 14.4. The third-order valence-electron chi connectivity index (χ3n) is 6.03. The molecule has 0 radical (unpaired) electrons. The van der Waals surface area contributed by atoms with Gasteiger partial charge < -0.3 is 18.9 Å². The molecule has 2 heterocycles. The third-order valence-corrected chi connectivity index (χ3v) is 6.03. The third kappa shape index (κ3) is 3.07. The van der Waals surface area contributed by atoms with Gasteiger partial charge in [-0.05, 0) is 37.0 Å². The van der Waals surface area contributed by atoms with Crippen molar-refractivity contribution in [2.45, 2.75) is 26.2 Å². The maximum Gasteiger partial charge on any atom is 0.336 e. The number of methoxy groups -OCH3 is 2. The van der Waals surface area contributed by atoms with Gasteiger partial charge in [-0.3, -0.25) is 14.6 Å². The van der Waals surface area contributed by atoms with Crippen molar-refractivity contribution in [3.8, 4) is 11.5 Å². The Morgan fingerprint density at radius 3 is 2.53 bits per heavy atom. The van der Waals surface area contributed by atoms with E-state index in [1.165, 1.54) is 14.2 Å². The molecule has 0 bridgehead atoms. The lowest BCUT2D eigenvalue weighted by Crippen LogP contribution is -2.48. The predicted molar refractivity (Wildman–Crippen MR) is 105 cm³/mol. The molecule has 0 amide bonds. The number of hydrogen-bond acceptors (Lipinski definition) is 8. The number of rotatable bonds is 3. The molecule has 4 atom stereocenters. The smallest absolute Gasteiger partial charge is 0.336 e. The first kappa shape index (κ1) is 20.1. The van der Waals surface area contributed by atoms with Gasteiger partial charge in [-0.25, -0.2) is 4.79 Å². The zero-order valence-electron chi connectivity index (χ0n) is 17.3. The number of nitrogens with zero attached hydrogens (tertiary/aromatic N) is 1. The minimum Gasteiger partial charge on any atom is -0.468 e. The molecule has 0 spiro atoms. The van der Waals surface area contributed by atoms with Crippen LogP contribution in [0.2, 0.25) is 0 Å². The van der Waals surface area contributed by atoms with E-state index >= 15 is 0 Å². The fourth-order valence-electron chi connectivity index (χ4n) is 4.68. The van der Waals surface area contributed by atoms with Gasteiger partial charge in [-0.15, -0.1) is 0 Å². The van der Waals surface area contributed by atoms with Crippen molar-refractivity contribution in [2.75, 3.05) is 21.0 Å². The topological polar surface area (TPSA) is 100 Å². The molecule has 1 unspecified atom stereocenters. The highest BCUT2D eigenvalue weighted by molar-refractivity contribution is 6.17. The zero-order chi connectivity index (χ0) is 21.6. The number of ether oxygens (including phenoxy) is 4. The van der Waals surface area contributed by atoms with Crippen LogP contribution in [0.5, 0.6) is 11.5 Å². The van der Waals surface area contributed by atoms with Crippen LogP contribution in [0.1, 0.15) is 31.7 Å². The Labute approximate surface area is 173 Å². The van der Waals surface area contributed by atoms with Gasteiger partial charge in [0.15, 0.2) is 17.3 Å². The number of benzene rings is 1. The highest BCUT2D eigenvalue weighted by atomic mass is 16.7. The molecule has 8 heteroatoms. The number of Topliss-reactive ketones (excluding diaryl/α,β-unsaturated/α-hetero) is 1. The molecular weight excluding hydrogens is 390 g/mol. The molecule has 4 rings (SSSR count). The van der Waals surface area contributed by atoms with E-state index in [2.05, 4.69) is 4.99 Å². The van der Waals surface area contributed by atoms with E-state index in [1.54, 1.807) is 25.1 Å². The minimum atomic E-state index is -0.909. The molecule has 1 aliphatic carbocycles.